The van der Waals surface area contributed by atoms with Gasteiger partial charge in [-0.15, -0.1) is 10.2 Å². The molecule has 0 radical (unpaired) electrons. The fourth-order valence-corrected chi connectivity index (χ4v) is 4.25. The molecule has 0 unspecified atom stereocenters. The lowest BCUT2D eigenvalue weighted by atomic mass is 10.3. The van der Waals surface area contributed by atoms with Crippen LogP contribution in [-0.2, 0) is 11.3 Å². The van der Waals surface area contributed by atoms with Crippen molar-refractivity contribution in [1.29, 1.82) is 0 Å². The number of nitrogens with zero attached hydrogens (tertiary/aromatic N) is 3. The van der Waals surface area contributed by atoms with Crippen LogP contribution in [-0.4, -0.2) is 40.6 Å². The lowest BCUT2D eigenvalue weighted by Crippen LogP contribution is -2.15. The van der Waals surface area contributed by atoms with Crippen LogP contribution >= 0.6 is 23.4 Å². The van der Waals surface area contributed by atoms with E-state index in [0.29, 0.717) is 28.2 Å². The fourth-order valence-electron chi connectivity index (χ4n) is 3.28. The molecule has 2 N–H and O–H groups in total. The number of halogens is 1. The number of ether oxygens (including phenoxy) is 2. The largest absolute Gasteiger partial charge is 0.497 e. The molecule has 8 nitrogen and oxygen atoms in total. The standard InChI is InChI=1S/C25H24ClN5O3S/c1-33-19-11-7-17(8-12-19)28-24(32)16-35-25-30-29-23(15-27-22-6-4-3-5-21(22)26)31(25)18-9-13-20(34-2)14-10-18/h3-14,27H,15-16H2,1-2H3,(H,28,32). The van der Waals surface area contributed by atoms with Gasteiger partial charge in [0, 0.05) is 11.4 Å². The molecule has 0 aliphatic heterocycles. The van der Waals surface area contributed by atoms with Crippen LogP contribution in [0.3, 0.4) is 0 Å². The first kappa shape index (κ1) is 24.4. The Labute approximate surface area is 212 Å². The number of rotatable bonds is 10. The molecule has 4 aromatic rings. The summed E-state index contributed by atoms with van der Waals surface area (Å²) in [7, 11) is 3.22. The number of aromatic nitrogens is 3. The van der Waals surface area contributed by atoms with Crippen molar-refractivity contribution < 1.29 is 14.3 Å². The number of hydrogen-bond acceptors (Lipinski definition) is 7. The summed E-state index contributed by atoms with van der Waals surface area (Å²) >= 11 is 7.58. The van der Waals surface area contributed by atoms with Crippen LogP contribution in [0.1, 0.15) is 5.82 Å². The third-order valence-corrected chi connectivity index (χ3v) is 6.31. The Bertz CT molecular complexity index is 1280. The summed E-state index contributed by atoms with van der Waals surface area (Å²) in [6.07, 6.45) is 0. The van der Waals surface area contributed by atoms with Crippen LogP contribution in [0.2, 0.25) is 5.02 Å². The summed E-state index contributed by atoms with van der Waals surface area (Å²) in [6.45, 7) is 0.390. The highest BCUT2D eigenvalue weighted by molar-refractivity contribution is 7.99. The van der Waals surface area contributed by atoms with Crippen molar-refractivity contribution >= 4 is 40.6 Å². The first-order valence-electron chi connectivity index (χ1n) is 10.7. The van der Waals surface area contributed by atoms with Gasteiger partial charge >= 0.3 is 0 Å². The summed E-state index contributed by atoms with van der Waals surface area (Å²) in [5.74, 6) is 2.15. The Morgan fingerprint density at radius 2 is 1.60 bits per heavy atom. The highest BCUT2D eigenvalue weighted by Gasteiger charge is 2.16. The van der Waals surface area contributed by atoms with Crippen LogP contribution < -0.4 is 20.1 Å². The van der Waals surface area contributed by atoms with Gasteiger partial charge in [-0.05, 0) is 60.7 Å². The van der Waals surface area contributed by atoms with Crippen molar-refractivity contribution in [2.24, 2.45) is 0 Å². The summed E-state index contributed by atoms with van der Waals surface area (Å²) in [5.41, 5.74) is 2.34. The quantitative estimate of drug-likeness (QED) is 0.281. The number of carbonyl (C=O) groups excluding carboxylic acids is 1. The second-order valence-corrected chi connectivity index (χ2v) is 8.68. The van der Waals surface area contributed by atoms with E-state index < -0.39 is 0 Å². The van der Waals surface area contributed by atoms with Crippen LogP contribution in [0.5, 0.6) is 11.5 Å². The third-order valence-electron chi connectivity index (χ3n) is 5.05. The molecule has 1 heterocycles. The number of para-hydroxylation sites is 1. The van der Waals surface area contributed by atoms with Crippen molar-refractivity contribution in [2.75, 3.05) is 30.6 Å². The Hall–Kier alpha value is -3.69. The van der Waals surface area contributed by atoms with Gasteiger partial charge in [-0.25, -0.2) is 0 Å². The van der Waals surface area contributed by atoms with Gasteiger partial charge in [0.1, 0.15) is 11.5 Å². The van der Waals surface area contributed by atoms with Gasteiger partial charge in [0.25, 0.3) is 0 Å². The lowest BCUT2D eigenvalue weighted by molar-refractivity contribution is -0.113. The van der Waals surface area contributed by atoms with Gasteiger partial charge in [0.2, 0.25) is 5.91 Å². The molecule has 0 atom stereocenters. The van der Waals surface area contributed by atoms with E-state index in [-0.39, 0.29) is 11.7 Å². The molecular weight excluding hydrogens is 486 g/mol. The molecule has 3 aromatic carbocycles. The van der Waals surface area contributed by atoms with Gasteiger partial charge < -0.3 is 20.1 Å². The number of hydrogen-bond donors (Lipinski definition) is 2. The molecule has 35 heavy (non-hydrogen) atoms. The van der Waals surface area contributed by atoms with Crippen LogP contribution in [0, 0.1) is 0 Å². The molecule has 0 fully saturated rings. The molecular formula is C25H24ClN5O3S. The van der Waals surface area contributed by atoms with Gasteiger partial charge in [0.05, 0.1) is 37.2 Å². The van der Waals surface area contributed by atoms with Gasteiger partial charge in [-0.3, -0.25) is 9.36 Å². The topological polar surface area (TPSA) is 90.3 Å². The van der Waals surface area contributed by atoms with Crippen molar-refractivity contribution in [3.8, 4) is 17.2 Å². The molecule has 1 aromatic heterocycles. The van der Waals surface area contributed by atoms with E-state index in [2.05, 4.69) is 20.8 Å². The smallest absolute Gasteiger partial charge is 0.234 e. The third kappa shape index (κ3) is 6.26. The number of anilines is 2. The van der Waals surface area contributed by atoms with Crippen LogP contribution in [0.15, 0.2) is 78.0 Å². The lowest BCUT2D eigenvalue weighted by Gasteiger charge is -2.13. The van der Waals surface area contributed by atoms with Crippen molar-refractivity contribution in [3.05, 3.63) is 83.6 Å². The number of methoxy groups -OCH3 is 2. The molecule has 0 bridgehead atoms. The zero-order valence-corrected chi connectivity index (χ0v) is 20.8. The minimum Gasteiger partial charge on any atom is -0.497 e. The first-order chi connectivity index (χ1) is 17.1. The van der Waals surface area contributed by atoms with E-state index in [4.69, 9.17) is 21.1 Å². The highest BCUT2D eigenvalue weighted by atomic mass is 35.5. The monoisotopic (exact) mass is 509 g/mol. The van der Waals surface area contributed by atoms with E-state index in [1.807, 2.05) is 53.1 Å². The zero-order valence-electron chi connectivity index (χ0n) is 19.2. The average Bonchev–Trinajstić information content (AvgIpc) is 3.30. The van der Waals surface area contributed by atoms with Crippen molar-refractivity contribution in [3.63, 3.8) is 0 Å². The molecule has 4 rings (SSSR count). The van der Waals surface area contributed by atoms with Gasteiger partial charge in [0.15, 0.2) is 11.0 Å². The number of amides is 1. The summed E-state index contributed by atoms with van der Waals surface area (Å²) in [6, 6.07) is 22.2. The van der Waals surface area contributed by atoms with Gasteiger partial charge in [-0.1, -0.05) is 35.5 Å². The molecule has 0 saturated heterocycles. The summed E-state index contributed by atoms with van der Waals surface area (Å²) in [4.78, 5) is 12.6. The minimum absolute atomic E-state index is 0.153. The Morgan fingerprint density at radius 3 is 2.26 bits per heavy atom. The normalized spacial score (nSPS) is 10.6. The molecule has 0 saturated carbocycles. The minimum atomic E-state index is -0.153. The van der Waals surface area contributed by atoms with Gasteiger partial charge in [-0.2, -0.15) is 0 Å². The van der Waals surface area contributed by atoms with E-state index in [0.717, 1.165) is 22.9 Å². The molecule has 1 amide bonds. The Kier molecular flexibility index (Phi) is 8.12. The van der Waals surface area contributed by atoms with E-state index in [1.54, 1.807) is 38.5 Å². The summed E-state index contributed by atoms with van der Waals surface area (Å²) in [5, 5.41) is 16.1. The van der Waals surface area contributed by atoms with Crippen LogP contribution in [0.4, 0.5) is 11.4 Å². The maximum Gasteiger partial charge on any atom is 0.234 e. The average molecular weight is 510 g/mol. The number of nitrogens with one attached hydrogen (secondary N) is 2. The first-order valence-corrected chi connectivity index (χ1v) is 12.1. The highest BCUT2D eigenvalue weighted by Crippen LogP contribution is 2.26. The molecule has 0 aliphatic carbocycles. The molecule has 0 spiro atoms. The Balaban J connectivity index is 1.51. The fraction of sp³-hybridized carbons (Fsp3) is 0.160. The maximum absolute atomic E-state index is 12.6. The predicted octanol–water partition coefficient (Wildman–Crippen LogP) is 5.28. The van der Waals surface area contributed by atoms with Crippen molar-refractivity contribution in [2.45, 2.75) is 11.7 Å². The van der Waals surface area contributed by atoms with E-state index in [1.165, 1.54) is 11.8 Å². The predicted molar refractivity (Wildman–Crippen MR) is 139 cm³/mol. The number of benzene rings is 3. The Morgan fingerprint density at radius 1 is 0.943 bits per heavy atom. The maximum atomic E-state index is 12.6. The van der Waals surface area contributed by atoms with Crippen LogP contribution in [0.25, 0.3) is 5.69 Å². The molecule has 10 heteroatoms. The molecule has 0 aliphatic rings. The number of thioether (sulfide) groups is 1. The second-order valence-electron chi connectivity index (χ2n) is 7.33. The van der Waals surface area contributed by atoms with E-state index in [9.17, 15) is 4.79 Å². The van der Waals surface area contributed by atoms with E-state index >= 15 is 0 Å². The van der Waals surface area contributed by atoms with Crippen molar-refractivity contribution in [1.82, 2.24) is 14.8 Å². The zero-order chi connectivity index (χ0) is 24.6. The summed E-state index contributed by atoms with van der Waals surface area (Å²) < 4.78 is 12.3. The molecule has 180 valence electrons. The number of carbonyl (C=O) groups is 1. The SMILES string of the molecule is COc1ccc(NC(=O)CSc2nnc(CNc3ccccc3Cl)n2-c2ccc(OC)cc2)cc1. The second kappa shape index (κ2) is 11.6.